The van der Waals surface area contributed by atoms with Gasteiger partial charge in [-0.25, -0.2) is 4.79 Å². The van der Waals surface area contributed by atoms with Crippen molar-refractivity contribution in [1.82, 2.24) is 15.5 Å². The molecule has 0 aromatic rings. The van der Waals surface area contributed by atoms with Crippen molar-refractivity contribution in [1.29, 1.82) is 0 Å². The van der Waals surface area contributed by atoms with Gasteiger partial charge in [0.25, 0.3) is 0 Å². The third-order valence-electron chi connectivity index (χ3n) is 3.22. The van der Waals surface area contributed by atoms with Crippen molar-refractivity contribution in [2.75, 3.05) is 32.7 Å². The molecule has 1 aliphatic heterocycles. The van der Waals surface area contributed by atoms with Crippen molar-refractivity contribution in [2.45, 2.75) is 26.2 Å². The van der Waals surface area contributed by atoms with Gasteiger partial charge < -0.3 is 15.5 Å². The molecule has 1 fully saturated rings. The van der Waals surface area contributed by atoms with Gasteiger partial charge in [0.05, 0.1) is 0 Å². The lowest BCUT2D eigenvalue weighted by atomic mass is 9.99. The molecule has 4 nitrogen and oxygen atoms in total. The zero-order chi connectivity index (χ0) is 12.5. The zero-order valence-corrected chi connectivity index (χ0v) is 10.9. The van der Waals surface area contributed by atoms with Gasteiger partial charge in [0.2, 0.25) is 0 Å². The van der Waals surface area contributed by atoms with Gasteiger partial charge in [-0.05, 0) is 44.8 Å². The number of rotatable bonds is 6. The Morgan fingerprint density at radius 3 is 2.76 bits per heavy atom. The van der Waals surface area contributed by atoms with Crippen molar-refractivity contribution in [2.24, 2.45) is 5.92 Å². The summed E-state index contributed by atoms with van der Waals surface area (Å²) in [6.07, 6.45) is 5.32. The van der Waals surface area contributed by atoms with E-state index >= 15 is 0 Å². The first kappa shape index (κ1) is 14.0. The molecule has 0 aliphatic carbocycles. The molecule has 1 saturated heterocycles. The van der Waals surface area contributed by atoms with Crippen LogP contribution in [0.1, 0.15) is 26.2 Å². The van der Waals surface area contributed by atoms with Crippen LogP contribution in [-0.2, 0) is 0 Å². The Hall–Kier alpha value is -1.03. The van der Waals surface area contributed by atoms with E-state index in [1.54, 1.807) is 6.08 Å². The lowest BCUT2D eigenvalue weighted by Gasteiger charge is -2.30. The summed E-state index contributed by atoms with van der Waals surface area (Å²) in [4.78, 5) is 13.7. The van der Waals surface area contributed by atoms with Crippen LogP contribution in [0.3, 0.4) is 0 Å². The van der Waals surface area contributed by atoms with Crippen LogP contribution in [-0.4, -0.2) is 43.7 Å². The summed E-state index contributed by atoms with van der Waals surface area (Å²) in [5.74, 6) is 0.883. The largest absolute Gasteiger partial charge is 0.338 e. The molecule has 0 unspecified atom stereocenters. The van der Waals surface area contributed by atoms with Gasteiger partial charge in [0.1, 0.15) is 0 Å². The summed E-state index contributed by atoms with van der Waals surface area (Å²) in [7, 11) is 0. The quantitative estimate of drug-likeness (QED) is 0.546. The van der Waals surface area contributed by atoms with E-state index < -0.39 is 0 Å². The van der Waals surface area contributed by atoms with Gasteiger partial charge in [0.15, 0.2) is 0 Å². The van der Waals surface area contributed by atoms with Crippen LogP contribution < -0.4 is 10.6 Å². The number of hydrogen-bond donors (Lipinski definition) is 2. The Kier molecular flexibility index (Phi) is 6.70. The highest BCUT2D eigenvalue weighted by molar-refractivity contribution is 5.73. The number of likely N-dealkylation sites (tertiary alicyclic amines) is 1. The molecule has 0 aromatic heterocycles. The molecule has 0 saturated carbocycles. The fraction of sp³-hybridized carbons (Fsp3) is 0.769. The second kappa shape index (κ2) is 8.12. The molecular weight excluding hydrogens is 214 g/mol. The molecule has 0 atom stereocenters. The SMILES string of the molecule is C=CCNC(=O)NCCCN1CCC(C)CC1. The molecular formula is C13H25N3O. The van der Waals surface area contributed by atoms with Gasteiger partial charge in [-0.2, -0.15) is 0 Å². The van der Waals surface area contributed by atoms with E-state index in [4.69, 9.17) is 0 Å². The topological polar surface area (TPSA) is 44.4 Å². The fourth-order valence-electron chi connectivity index (χ4n) is 2.02. The third-order valence-corrected chi connectivity index (χ3v) is 3.22. The summed E-state index contributed by atoms with van der Waals surface area (Å²) in [5.41, 5.74) is 0. The van der Waals surface area contributed by atoms with E-state index in [0.29, 0.717) is 6.54 Å². The van der Waals surface area contributed by atoms with Crippen molar-refractivity contribution in [3.05, 3.63) is 12.7 Å². The number of urea groups is 1. The number of amides is 2. The van der Waals surface area contributed by atoms with Crippen LogP contribution in [0.5, 0.6) is 0 Å². The summed E-state index contributed by atoms with van der Waals surface area (Å²) in [5, 5.41) is 5.54. The first-order valence-electron chi connectivity index (χ1n) is 6.57. The Morgan fingerprint density at radius 1 is 1.41 bits per heavy atom. The average Bonchev–Trinajstić information content (AvgIpc) is 2.34. The number of carbonyl (C=O) groups excluding carboxylic acids is 1. The van der Waals surface area contributed by atoms with Crippen LogP contribution in [0.4, 0.5) is 4.79 Å². The fourth-order valence-corrected chi connectivity index (χ4v) is 2.02. The summed E-state index contributed by atoms with van der Waals surface area (Å²) >= 11 is 0. The third kappa shape index (κ3) is 6.31. The molecule has 0 radical (unpaired) electrons. The van der Waals surface area contributed by atoms with Gasteiger partial charge in [0, 0.05) is 13.1 Å². The molecule has 1 rings (SSSR count). The minimum atomic E-state index is -0.0998. The molecule has 4 heteroatoms. The standard InChI is InChI=1S/C13H25N3O/c1-3-7-14-13(17)15-8-4-9-16-10-5-12(2)6-11-16/h3,12H,1,4-11H2,2H3,(H2,14,15,17). The first-order valence-corrected chi connectivity index (χ1v) is 6.57. The maximum atomic E-state index is 11.2. The Morgan fingerprint density at radius 2 is 2.12 bits per heavy atom. The van der Waals surface area contributed by atoms with Gasteiger partial charge in [-0.15, -0.1) is 6.58 Å². The Bertz CT molecular complexity index is 235. The van der Waals surface area contributed by atoms with Gasteiger partial charge in [-0.3, -0.25) is 0 Å². The average molecular weight is 239 g/mol. The number of nitrogens with one attached hydrogen (secondary N) is 2. The predicted molar refractivity (Wildman–Crippen MR) is 71.1 cm³/mol. The van der Waals surface area contributed by atoms with E-state index in [1.165, 1.54) is 25.9 Å². The predicted octanol–water partition coefficient (Wildman–Crippen LogP) is 1.59. The van der Waals surface area contributed by atoms with Gasteiger partial charge in [-0.1, -0.05) is 13.0 Å². The minimum absolute atomic E-state index is 0.0998. The second-order valence-corrected chi connectivity index (χ2v) is 4.80. The molecule has 1 aliphatic rings. The molecule has 17 heavy (non-hydrogen) atoms. The number of carbonyl (C=O) groups is 1. The molecule has 0 aromatic carbocycles. The van der Waals surface area contributed by atoms with E-state index in [0.717, 1.165) is 25.4 Å². The monoisotopic (exact) mass is 239 g/mol. The number of nitrogens with zero attached hydrogens (tertiary/aromatic N) is 1. The smallest absolute Gasteiger partial charge is 0.315 e. The molecule has 1 heterocycles. The highest BCUT2D eigenvalue weighted by Crippen LogP contribution is 2.15. The lowest BCUT2D eigenvalue weighted by Crippen LogP contribution is -2.38. The van der Waals surface area contributed by atoms with E-state index in [2.05, 4.69) is 29.0 Å². The van der Waals surface area contributed by atoms with Crippen LogP contribution in [0.15, 0.2) is 12.7 Å². The normalized spacial score (nSPS) is 17.7. The minimum Gasteiger partial charge on any atom is -0.338 e. The van der Waals surface area contributed by atoms with Crippen molar-refractivity contribution >= 4 is 6.03 Å². The maximum absolute atomic E-state index is 11.2. The van der Waals surface area contributed by atoms with Gasteiger partial charge >= 0.3 is 6.03 Å². The van der Waals surface area contributed by atoms with Crippen LogP contribution in [0.25, 0.3) is 0 Å². The number of piperidine rings is 1. The van der Waals surface area contributed by atoms with Crippen molar-refractivity contribution < 1.29 is 4.79 Å². The van der Waals surface area contributed by atoms with E-state index in [-0.39, 0.29) is 6.03 Å². The van der Waals surface area contributed by atoms with Crippen molar-refractivity contribution in [3.8, 4) is 0 Å². The van der Waals surface area contributed by atoms with Crippen molar-refractivity contribution in [3.63, 3.8) is 0 Å². The Balaban J connectivity index is 1.96. The van der Waals surface area contributed by atoms with Crippen LogP contribution in [0.2, 0.25) is 0 Å². The zero-order valence-electron chi connectivity index (χ0n) is 10.9. The highest BCUT2D eigenvalue weighted by atomic mass is 16.2. The first-order chi connectivity index (χ1) is 8.22. The summed E-state index contributed by atoms with van der Waals surface area (Å²) in [6, 6.07) is -0.0998. The summed E-state index contributed by atoms with van der Waals surface area (Å²) < 4.78 is 0. The van der Waals surface area contributed by atoms with E-state index in [1.807, 2.05) is 0 Å². The molecule has 2 N–H and O–H groups in total. The second-order valence-electron chi connectivity index (χ2n) is 4.80. The van der Waals surface area contributed by atoms with E-state index in [9.17, 15) is 4.79 Å². The van der Waals surface area contributed by atoms with Crippen LogP contribution in [0, 0.1) is 5.92 Å². The molecule has 2 amide bonds. The molecule has 0 spiro atoms. The maximum Gasteiger partial charge on any atom is 0.315 e. The lowest BCUT2D eigenvalue weighted by molar-refractivity contribution is 0.190. The Labute approximate surface area is 104 Å². The summed E-state index contributed by atoms with van der Waals surface area (Å²) in [6.45, 7) is 10.7. The molecule has 0 bridgehead atoms. The number of hydrogen-bond acceptors (Lipinski definition) is 2. The van der Waals surface area contributed by atoms with Crippen LogP contribution >= 0.6 is 0 Å². The molecule has 98 valence electrons. The highest BCUT2D eigenvalue weighted by Gasteiger charge is 2.14.